The van der Waals surface area contributed by atoms with Crippen LogP contribution in [0.3, 0.4) is 0 Å². The summed E-state index contributed by atoms with van der Waals surface area (Å²) in [7, 11) is 1.69. The van der Waals surface area contributed by atoms with E-state index in [0.717, 1.165) is 36.9 Å². The van der Waals surface area contributed by atoms with E-state index in [4.69, 9.17) is 4.74 Å². The summed E-state index contributed by atoms with van der Waals surface area (Å²) in [6.07, 6.45) is 5.37. The Morgan fingerprint density at radius 2 is 1.97 bits per heavy atom. The Balaban J connectivity index is 1.33. The number of hydrazone groups is 1. The lowest BCUT2D eigenvalue weighted by atomic mass is 10.1. The SMILES string of the molecule is CN(Cc1csc(/C=N\Nc2ccc(-c3cn4cc(I)ccc4n3)cc2)n1)C(=O)OC(C)(C)C. The van der Waals surface area contributed by atoms with E-state index < -0.39 is 5.60 Å². The van der Waals surface area contributed by atoms with Gasteiger partial charge in [0, 0.05) is 34.0 Å². The van der Waals surface area contributed by atoms with Gasteiger partial charge in [-0.25, -0.2) is 14.8 Å². The van der Waals surface area contributed by atoms with E-state index in [0.29, 0.717) is 6.54 Å². The molecule has 1 amide bonds. The lowest BCUT2D eigenvalue weighted by Crippen LogP contribution is -2.33. The van der Waals surface area contributed by atoms with Gasteiger partial charge in [-0.2, -0.15) is 5.10 Å². The molecule has 0 aliphatic rings. The summed E-state index contributed by atoms with van der Waals surface area (Å²) in [6, 6.07) is 12.0. The third kappa shape index (κ3) is 6.32. The molecule has 0 atom stereocenters. The van der Waals surface area contributed by atoms with Crippen LogP contribution in [0.1, 0.15) is 31.5 Å². The van der Waals surface area contributed by atoms with Crippen molar-refractivity contribution in [2.75, 3.05) is 12.5 Å². The molecule has 3 aromatic heterocycles. The highest BCUT2D eigenvalue weighted by molar-refractivity contribution is 14.1. The molecule has 0 aliphatic carbocycles. The molecular weight excluding hydrogens is 563 g/mol. The van der Waals surface area contributed by atoms with Crippen molar-refractivity contribution in [3.8, 4) is 11.3 Å². The molecule has 4 rings (SSSR count). The van der Waals surface area contributed by atoms with Gasteiger partial charge in [-0.1, -0.05) is 12.1 Å². The van der Waals surface area contributed by atoms with Crippen LogP contribution in [-0.4, -0.2) is 44.2 Å². The van der Waals surface area contributed by atoms with Gasteiger partial charge >= 0.3 is 6.09 Å². The van der Waals surface area contributed by atoms with Crippen molar-refractivity contribution in [1.82, 2.24) is 19.3 Å². The standard InChI is InChI=1S/C24H25IN6O2S/c1-24(2,3)33-23(32)30(4)13-19-15-34-22(27-19)11-26-29-18-8-5-16(6-9-18)20-14-31-12-17(25)7-10-21(31)28-20/h5-12,14-15,29H,13H2,1-4H3/b26-11-. The number of hydrogen-bond acceptors (Lipinski definition) is 7. The Morgan fingerprint density at radius 1 is 1.21 bits per heavy atom. The van der Waals surface area contributed by atoms with Crippen molar-refractivity contribution in [3.63, 3.8) is 0 Å². The van der Waals surface area contributed by atoms with Crippen LogP contribution in [0.4, 0.5) is 10.5 Å². The quantitative estimate of drug-likeness (QED) is 0.173. The number of rotatable bonds is 6. The van der Waals surface area contributed by atoms with Crippen molar-refractivity contribution in [2.45, 2.75) is 32.9 Å². The summed E-state index contributed by atoms with van der Waals surface area (Å²) in [5, 5.41) is 6.94. The highest BCUT2D eigenvalue weighted by Gasteiger charge is 2.20. The van der Waals surface area contributed by atoms with E-state index in [9.17, 15) is 4.79 Å². The molecule has 0 spiro atoms. The molecule has 0 fully saturated rings. The molecule has 0 saturated heterocycles. The Bertz CT molecular complexity index is 1320. The van der Waals surface area contributed by atoms with Gasteiger partial charge in [0.25, 0.3) is 0 Å². The van der Waals surface area contributed by atoms with Crippen molar-refractivity contribution in [3.05, 3.63) is 68.4 Å². The largest absolute Gasteiger partial charge is 0.444 e. The van der Waals surface area contributed by atoms with E-state index >= 15 is 0 Å². The number of halogens is 1. The monoisotopic (exact) mass is 588 g/mol. The molecule has 176 valence electrons. The minimum Gasteiger partial charge on any atom is -0.444 e. The molecule has 0 bridgehead atoms. The van der Waals surface area contributed by atoms with Gasteiger partial charge in [-0.05, 0) is 67.6 Å². The van der Waals surface area contributed by atoms with E-state index in [1.165, 1.54) is 16.2 Å². The molecular formula is C24H25IN6O2S. The number of imidazole rings is 1. The minimum atomic E-state index is -0.527. The number of benzene rings is 1. The number of ether oxygens (including phenoxy) is 1. The summed E-state index contributed by atoms with van der Waals surface area (Å²) in [6.45, 7) is 5.90. The maximum absolute atomic E-state index is 12.1. The molecule has 1 N–H and O–H groups in total. The summed E-state index contributed by atoms with van der Waals surface area (Å²) in [4.78, 5) is 22.8. The molecule has 34 heavy (non-hydrogen) atoms. The predicted octanol–water partition coefficient (Wildman–Crippen LogP) is 5.88. The van der Waals surface area contributed by atoms with Crippen molar-refractivity contribution in [1.29, 1.82) is 0 Å². The number of anilines is 1. The number of carbonyl (C=O) groups excluding carboxylic acids is 1. The van der Waals surface area contributed by atoms with Gasteiger partial charge < -0.3 is 14.0 Å². The zero-order chi connectivity index (χ0) is 24.3. The van der Waals surface area contributed by atoms with Gasteiger partial charge in [0.05, 0.1) is 29.8 Å². The van der Waals surface area contributed by atoms with Crippen molar-refractivity contribution >= 4 is 57.6 Å². The molecule has 4 aromatic rings. The molecule has 0 saturated carbocycles. The molecule has 8 nitrogen and oxygen atoms in total. The number of pyridine rings is 1. The third-order valence-electron chi connectivity index (χ3n) is 4.64. The summed E-state index contributed by atoms with van der Waals surface area (Å²) < 4.78 is 8.56. The van der Waals surface area contributed by atoms with Gasteiger partial charge in [0.1, 0.15) is 16.3 Å². The zero-order valence-corrected chi connectivity index (χ0v) is 22.3. The number of hydrogen-bond donors (Lipinski definition) is 1. The fourth-order valence-electron chi connectivity index (χ4n) is 3.08. The predicted molar refractivity (Wildman–Crippen MR) is 144 cm³/mol. The van der Waals surface area contributed by atoms with Crippen LogP contribution >= 0.6 is 33.9 Å². The second kappa shape index (κ2) is 10.1. The number of aromatic nitrogens is 3. The minimum absolute atomic E-state index is 0.371. The molecule has 0 aliphatic heterocycles. The number of nitrogens with one attached hydrogen (secondary N) is 1. The van der Waals surface area contributed by atoms with E-state index in [1.54, 1.807) is 13.3 Å². The van der Waals surface area contributed by atoms with E-state index in [1.807, 2.05) is 73.1 Å². The van der Waals surface area contributed by atoms with Gasteiger partial charge in [-0.15, -0.1) is 11.3 Å². The zero-order valence-electron chi connectivity index (χ0n) is 19.3. The number of fused-ring (bicyclic) bond motifs is 1. The average molecular weight is 588 g/mol. The Morgan fingerprint density at radius 3 is 2.71 bits per heavy atom. The number of nitrogens with zero attached hydrogens (tertiary/aromatic N) is 5. The van der Waals surface area contributed by atoms with E-state index in [2.05, 4.69) is 49.3 Å². The molecule has 0 unspecified atom stereocenters. The van der Waals surface area contributed by atoms with E-state index in [-0.39, 0.29) is 6.09 Å². The number of thiazole rings is 1. The smallest absolute Gasteiger partial charge is 0.410 e. The van der Waals surface area contributed by atoms with Crippen LogP contribution in [0, 0.1) is 3.57 Å². The average Bonchev–Trinajstić information content (AvgIpc) is 3.39. The fraction of sp³-hybridized carbons (Fsp3) is 0.250. The highest BCUT2D eigenvalue weighted by atomic mass is 127. The van der Waals surface area contributed by atoms with Crippen LogP contribution in [0.2, 0.25) is 0 Å². The maximum atomic E-state index is 12.1. The lowest BCUT2D eigenvalue weighted by molar-refractivity contribution is 0.0283. The van der Waals surface area contributed by atoms with Crippen molar-refractivity contribution < 1.29 is 9.53 Å². The summed E-state index contributed by atoms with van der Waals surface area (Å²) in [5.41, 5.74) is 7.02. The Labute approximate surface area is 215 Å². The first-order valence-electron chi connectivity index (χ1n) is 10.6. The van der Waals surface area contributed by atoms with Gasteiger partial charge in [-0.3, -0.25) is 5.43 Å². The van der Waals surface area contributed by atoms with Crippen LogP contribution in [0.25, 0.3) is 16.9 Å². The second-order valence-corrected chi connectivity index (χ2v) is 10.8. The number of carbonyl (C=O) groups is 1. The van der Waals surface area contributed by atoms with Crippen molar-refractivity contribution in [2.24, 2.45) is 5.10 Å². The first kappa shape index (κ1) is 24.1. The topological polar surface area (TPSA) is 84.1 Å². The fourth-order valence-corrected chi connectivity index (χ4v) is 4.23. The second-order valence-electron chi connectivity index (χ2n) is 8.70. The first-order valence-corrected chi connectivity index (χ1v) is 12.5. The van der Waals surface area contributed by atoms with Crippen LogP contribution in [-0.2, 0) is 11.3 Å². The molecule has 10 heteroatoms. The van der Waals surface area contributed by atoms with Crippen LogP contribution < -0.4 is 5.43 Å². The third-order valence-corrected chi connectivity index (χ3v) is 6.10. The van der Waals surface area contributed by atoms with Gasteiger partial charge in [0.15, 0.2) is 0 Å². The van der Waals surface area contributed by atoms with Crippen LogP contribution in [0.5, 0.6) is 0 Å². The molecule has 0 radical (unpaired) electrons. The van der Waals surface area contributed by atoms with Crippen LogP contribution in [0.15, 0.2) is 59.3 Å². The first-order chi connectivity index (χ1) is 16.2. The summed E-state index contributed by atoms with van der Waals surface area (Å²) in [5.74, 6) is 0. The molecule has 1 aromatic carbocycles. The lowest BCUT2D eigenvalue weighted by Gasteiger charge is -2.24. The summed E-state index contributed by atoms with van der Waals surface area (Å²) >= 11 is 3.75. The van der Waals surface area contributed by atoms with Gasteiger partial charge in [0.2, 0.25) is 0 Å². The number of amides is 1. The Kier molecular flexibility index (Phi) is 7.17. The highest BCUT2D eigenvalue weighted by Crippen LogP contribution is 2.22. The Hall–Kier alpha value is -2.99. The maximum Gasteiger partial charge on any atom is 0.410 e. The molecule has 3 heterocycles. The normalized spacial score (nSPS) is 11.8.